The number of nitrogens with two attached hydrogens (primary N) is 1. The molecule has 3 nitrogen and oxygen atoms in total. The molecule has 0 bridgehead atoms. The van der Waals surface area contributed by atoms with Gasteiger partial charge in [0, 0.05) is 25.2 Å². The summed E-state index contributed by atoms with van der Waals surface area (Å²) in [4.78, 5) is 5.06. The van der Waals surface area contributed by atoms with E-state index in [4.69, 9.17) is 5.73 Å². The maximum atomic E-state index is 5.81. The minimum absolute atomic E-state index is 0.147. The molecule has 0 atom stereocenters. The topological polar surface area (TPSA) is 32.5 Å². The highest BCUT2D eigenvalue weighted by Crippen LogP contribution is 2.13. The van der Waals surface area contributed by atoms with Gasteiger partial charge in [0.15, 0.2) is 0 Å². The summed E-state index contributed by atoms with van der Waals surface area (Å²) in [6, 6.07) is 0. The quantitative estimate of drug-likeness (QED) is 0.718. The highest BCUT2D eigenvalue weighted by Gasteiger charge is 2.24. The van der Waals surface area contributed by atoms with Crippen LogP contribution in [0.15, 0.2) is 0 Å². The summed E-state index contributed by atoms with van der Waals surface area (Å²) in [5.41, 5.74) is 5.96. The molecule has 90 valence electrons. The van der Waals surface area contributed by atoms with Crippen LogP contribution in [0.5, 0.6) is 0 Å². The minimum Gasteiger partial charge on any atom is -0.329 e. The van der Waals surface area contributed by atoms with Crippen LogP contribution >= 0.6 is 0 Å². The summed E-state index contributed by atoms with van der Waals surface area (Å²) in [6.45, 7) is 13.5. The Hall–Kier alpha value is -0.120. The lowest BCUT2D eigenvalue weighted by molar-refractivity contribution is 0.119. The van der Waals surface area contributed by atoms with Gasteiger partial charge in [0.1, 0.15) is 0 Å². The lowest BCUT2D eigenvalue weighted by Gasteiger charge is -2.37. The second-order valence-corrected chi connectivity index (χ2v) is 5.14. The van der Waals surface area contributed by atoms with Crippen LogP contribution in [0.1, 0.15) is 33.6 Å². The highest BCUT2D eigenvalue weighted by molar-refractivity contribution is 4.82. The van der Waals surface area contributed by atoms with Gasteiger partial charge in [0.25, 0.3) is 0 Å². The average Bonchev–Trinajstić information content (AvgIpc) is 2.71. The molecule has 0 radical (unpaired) electrons. The summed E-state index contributed by atoms with van der Waals surface area (Å²) in [7, 11) is 0. The van der Waals surface area contributed by atoms with Crippen LogP contribution < -0.4 is 5.73 Å². The van der Waals surface area contributed by atoms with Crippen LogP contribution in [0.25, 0.3) is 0 Å². The first-order valence-corrected chi connectivity index (χ1v) is 6.27. The molecule has 0 aromatic carbocycles. The van der Waals surface area contributed by atoms with Gasteiger partial charge < -0.3 is 10.6 Å². The molecule has 0 saturated carbocycles. The van der Waals surface area contributed by atoms with Crippen molar-refractivity contribution in [3.05, 3.63) is 0 Å². The largest absolute Gasteiger partial charge is 0.329 e. The van der Waals surface area contributed by atoms with E-state index in [-0.39, 0.29) is 5.54 Å². The van der Waals surface area contributed by atoms with Gasteiger partial charge in [-0.25, -0.2) is 0 Å². The normalized spacial score (nSPS) is 19.0. The smallest absolute Gasteiger partial charge is 0.0275 e. The first-order valence-electron chi connectivity index (χ1n) is 6.27. The van der Waals surface area contributed by atoms with E-state index in [1.54, 1.807) is 0 Å². The van der Waals surface area contributed by atoms with Crippen LogP contribution in [0, 0.1) is 0 Å². The zero-order valence-corrected chi connectivity index (χ0v) is 10.6. The third-order valence-corrected chi connectivity index (χ3v) is 3.62. The summed E-state index contributed by atoms with van der Waals surface area (Å²) < 4.78 is 0. The molecule has 0 spiro atoms. The summed E-state index contributed by atoms with van der Waals surface area (Å²) in [5, 5.41) is 0. The second-order valence-electron chi connectivity index (χ2n) is 5.14. The molecule has 1 saturated heterocycles. The Kier molecular flexibility index (Phi) is 5.03. The molecule has 0 aliphatic carbocycles. The first kappa shape index (κ1) is 12.9. The predicted molar refractivity (Wildman–Crippen MR) is 66.1 cm³/mol. The lowest BCUT2D eigenvalue weighted by atomic mass is 10.0. The van der Waals surface area contributed by atoms with Gasteiger partial charge in [-0.05, 0) is 46.3 Å². The van der Waals surface area contributed by atoms with E-state index in [0.29, 0.717) is 0 Å². The van der Waals surface area contributed by atoms with Gasteiger partial charge >= 0.3 is 0 Å². The third kappa shape index (κ3) is 3.74. The second kappa shape index (κ2) is 5.83. The van der Waals surface area contributed by atoms with E-state index >= 15 is 0 Å². The molecule has 0 unspecified atom stereocenters. The maximum Gasteiger partial charge on any atom is 0.0275 e. The van der Waals surface area contributed by atoms with Crippen LogP contribution in [0.3, 0.4) is 0 Å². The van der Waals surface area contributed by atoms with Crippen LogP contribution in [0.4, 0.5) is 0 Å². The van der Waals surface area contributed by atoms with Gasteiger partial charge in [0.2, 0.25) is 0 Å². The molecule has 1 heterocycles. The molecule has 1 aliphatic rings. The zero-order valence-electron chi connectivity index (χ0n) is 10.6. The summed E-state index contributed by atoms with van der Waals surface area (Å²) in [6.07, 6.45) is 2.76. The fourth-order valence-corrected chi connectivity index (χ4v) is 2.29. The van der Waals surface area contributed by atoms with Crippen molar-refractivity contribution >= 4 is 0 Å². The maximum absolute atomic E-state index is 5.81. The fourth-order valence-electron chi connectivity index (χ4n) is 2.29. The van der Waals surface area contributed by atoms with Crippen molar-refractivity contribution in [1.29, 1.82) is 0 Å². The van der Waals surface area contributed by atoms with Gasteiger partial charge in [-0.2, -0.15) is 0 Å². The minimum atomic E-state index is 0.147. The molecule has 1 aliphatic heterocycles. The first-order chi connectivity index (χ1) is 7.10. The molecule has 3 heteroatoms. The number of likely N-dealkylation sites (N-methyl/N-ethyl adjacent to an activating group) is 1. The van der Waals surface area contributed by atoms with E-state index in [2.05, 4.69) is 30.6 Å². The summed E-state index contributed by atoms with van der Waals surface area (Å²) >= 11 is 0. The third-order valence-electron chi connectivity index (χ3n) is 3.62. The van der Waals surface area contributed by atoms with Crippen molar-refractivity contribution in [2.24, 2.45) is 5.73 Å². The number of hydrogen-bond acceptors (Lipinski definition) is 3. The van der Waals surface area contributed by atoms with Crippen molar-refractivity contribution in [2.45, 2.75) is 39.2 Å². The fraction of sp³-hybridized carbons (Fsp3) is 1.00. The molecule has 0 aromatic rings. The Labute approximate surface area is 94.6 Å². The standard InChI is InChI=1S/C12H27N3/c1-4-15(12(2,3)11-13)10-9-14-7-5-6-8-14/h4-11,13H2,1-3H3. The Morgan fingerprint density at radius 1 is 1.27 bits per heavy atom. The van der Waals surface area contributed by atoms with Crippen molar-refractivity contribution < 1.29 is 0 Å². The number of rotatable bonds is 6. The van der Waals surface area contributed by atoms with E-state index < -0.39 is 0 Å². The number of likely N-dealkylation sites (tertiary alicyclic amines) is 1. The molecule has 1 fully saturated rings. The monoisotopic (exact) mass is 213 g/mol. The average molecular weight is 213 g/mol. The van der Waals surface area contributed by atoms with Gasteiger partial charge in [0.05, 0.1) is 0 Å². The van der Waals surface area contributed by atoms with Crippen LogP contribution in [-0.2, 0) is 0 Å². The van der Waals surface area contributed by atoms with Crippen molar-refractivity contribution in [3.63, 3.8) is 0 Å². The lowest BCUT2D eigenvalue weighted by Crippen LogP contribution is -2.51. The van der Waals surface area contributed by atoms with Crippen molar-refractivity contribution in [1.82, 2.24) is 9.80 Å². The van der Waals surface area contributed by atoms with Gasteiger partial charge in [-0.15, -0.1) is 0 Å². The summed E-state index contributed by atoms with van der Waals surface area (Å²) in [5.74, 6) is 0. The van der Waals surface area contributed by atoms with Gasteiger partial charge in [-0.3, -0.25) is 4.90 Å². The Bertz CT molecular complexity index is 174. The molecular formula is C12H27N3. The number of hydrogen-bond donors (Lipinski definition) is 1. The van der Waals surface area contributed by atoms with Crippen molar-refractivity contribution in [2.75, 3.05) is 39.3 Å². The van der Waals surface area contributed by atoms with Crippen molar-refractivity contribution in [3.8, 4) is 0 Å². The molecular weight excluding hydrogens is 186 g/mol. The van der Waals surface area contributed by atoms with E-state index in [0.717, 1.165) is 19.6 Å². The van der Waals surface area contributed by atoms with E-state index in [1.165, 1.54) is 32.5 Å². The molecule has 15 heavy (non-hydrogen) atoms. The molecule has 0 aromatic heterocycles. The van der Waals surface area contributed by atoms with E-state index in [1.807, 2.05) is 0 Å². The molecule has 2 N–H and O–H groups in total. The zero-order chi connectivity index (χ0) is 11.3. The molecule has 1 rings (SSSR count). The Balaban J connectivity index is 2.32. The number of nitrogens with zero attached hydrogens (tertiary/aromatic N) is 2. The Morgan fingerprint density at radius 2 is 1.87 bits per heavy atom. The van der Waals surface area contributed by atoms with Crippen LogP contribution in [0.2, 0.25) is 0 Å². The van der Waals surface area contributed by atoms with Gasteiger partial charge in [-0.1, -0.05) is 6.92 Å². The SMILES string of the molecule is CCN(CCN1CCCC1)C(C)(C)CN. The van der Waals surface area contributed by atoms with Crippen LogP contribution in [-0.4, -0.2) is 54.6 Å². The van der Waals surface area contributed by atoms with E-state index in [9.17, 15) is 0 Å². The predicted octanol–water partition coefficient (Wildman–Crippen LogP) is 1.14. The molecule has 0 amide bonds. The Morgan fingerprint density at radius 3 is 2.33 bits per heavy atom. The highest BCUT2D eigenvalue weighted by atomic mass is 15.2.